The van der Waals surface area contributed by atoms with Crippen molar-refractivity contribution in [1.82, 2.24) is 15.0 Å². The summed E-state index contributed by atoms with van der Waals surface area (Å²) >= 11 is 1.27. The Morgan fingerprint density at radius 2 is 2.17 bits per heavy atom. The topological polar surface area (TPSA) is 98.7 Å². The minimum atomic E-state index is -0.0237. The zero-order valence-electron chi connectivity index (χ0n) is 16.9. The molecule has 0 aromatic carbocycles. The first-order valence-electron chi connectivity index (χ1n) is 10.2. The molecule has 2 aliphatic heterocycles. The third-order valence-electron chi connectivity index (χ3n) is 6.28. The molecule has 2 saturated heterocycles. The van der Waals surface area contributed by atoms with Crippen LogP contribution in [0.15, 0.2) is 18.6 Å². The predicted molar refractivity (Wildman–Crippen MR) is 111 cm³/mol. The number of carbonyl (C=O) groups excluding carboxylic acids is 1. The van der Waals surface area contributed by atoms with Crippen LogP contribution in [0, 0.1) is 11.3 Å². The van der Waals surface area contributed by atoms with Crippen molar-refractivity contribution in [2.24, 2.45) is 11.3 Å². The number of ether oxygens (including phenoxy) is 3. The van der Waals surface area contributed by atoms with E-state index in [2.05, 4.69) is 25.2 Å². The molecule has 1 aliphatic carbocycles. The van der Waals surface area contributed by atoms with Crippen LogP contribution >= 0.6 is 11.3 Å². The van der Waals surface area contributed by atoms with Crippen molar-refractivity contribution in [3.05, 3.63) is 18.6 Å². The molecule has 2 aromatic heterocycles. The smallest absolute Gasteiger partial charge is 0.239 e. The highest BCUT2D eigenvalue weighted by atomic mass is 32.1. The molecule has 1 unspecified atom stereocenters. The van der Waals surface area contributed by atoms with Gasteiger partial charge < -0.3 is 24.4 Å². The van der Waals surface area contributed by atoms with Gasteiger partial charge in [-0.1, -0.05) is 11.3 Å². The SMILES string of the molecule is COC1CC(C(=O)Nc2ncc(Oc3cnc(N4CCC5(CCOC5)C4)cn3)s2)C1. The van der Waals surface area contributed by atoms with Gasteiger partial charge in [0, 0.05) is 38.1 Å². The molecule has 0 bridgehead atoms. The zero-order valence-corrected chi connectivity index (χ0v) is 17.7. The minimum Gasteiger partial charge on any atom is -0.425 e. The van der Waals surface area contributed by atoms with Crippen LogP contribution in [0.25, 0.3) is 0 Å². The summed E-state index contributed by atoms with van der Waals surface area (Å²) in [5.74, 6) is 1.23. The van der Waals surface area contributed by atoms with Crippen molar-refractivity contribution in [3.8, 4) is 10.9 Å². The number of thiazole rings is 1. The summed E-state index contributed by atoms with van der Waals surface area (Å²) in [7, 11) is 1.67. The average Bonchev–Trinajstić information content (AvgIpc) is 3.45. The van der Waals surface area contributed by atoms with E-state index in [0.717, 1.165) is 57.8 Å². The van der Waals surface area contributed by atoms with Gasteiger partial charge in [0.25, 0.3) is 0 Å². The second-order valence-corrected chi connectivity index (χ2v) is 9.28. The standard InChI is InChI=1S/C20H25N5O4S/c1-27-14-6-13(7-14)18(26)24-19-23-10-17(30-19)29-16-9-21-15(8-22-16)25-4-2-20(11-25)3-5-28-12-20/h8-10,13-14H,2-7,11-12H2,1H3,(H,23,24,26). The molecule has 1 amide bonds. The fourth-order valence-electron chi connectivity index (χ4n) is 4.27. The Balaban J connectivity index is 1.15. The van der Waals surface area contributed by atoms with Crippen LogP contribution in [0.3, 0.4) is 0 Å². The van der Waals surface area contributed by atoms with E-state index < -0.39 is 0 Å². The first kappa shape index (κ1) is 19.7. The van der Waals surface area contributed by atoms with Gasteiger partial charge in [-0.05, 0) is 25.7 Å². The number of rotatable bonds is 6. The van der Waals surface area contributed by atoms with E-state index in [1.807, 2.05) is 0 Å². The van der Waals surface area contributed by atoms with Gasteiger partial charge in [-0.25, -0.2) is 15.0 Å². The van der Waals surface area contributed by atoms with Crippen LogP contribution in [-0.2, 0) is 14.3 Å². The lowest BCUT2D eigenvalue weighted by Gasteiger charge is -2.32. The zero-order chi connectivity index (χ0) is 20.6. The molecule has 160 valence electrons. The van der Waals surface area contributed by atoms with Gasteiger partial charge in [0.2, 0.25) is 16.9 Å². The molecule has 4 heterocycles. The van der Waals surface area contributed by atoms with Crippen LogP contribution in [0.4, 0.5) is 10.9 Å². The van der Waals surface area contributed by atoms with E-state index in [4.69, 9.17) is 14.2 Å². The Bertz CT molecular complexity index is 893. The maximum absolute atomic E-state index is 12.2. The number of amides is 1. The Hall–Kier alpha value is -2.30. The van der Waals surface area contributed by atoms with Gasteiger partial charge >= 0.3 is 0 Å². The molecule has 30 heavy (non-hydrogen) atoms. The van der Waals surface area contributed by atoms with Crippen LogP contribution in [0.2, 0.25) is 0 Å². The summed E-state index contributed by atoms with van der Waals surface area (Å²) in [6.45, 7) is 3.64. The highest BCUT2D eigenvalue weighted by Gasteiger charge is 2.41. The summed E-state index contributed by atoms with van der Waals surface area (Å²) in [5, 5.41) is 3.91. The lowest BCUT2D eigenvalue weighted by molar-refractivity contribution is -0.127. The van der Waals surface area contributed by atoms with E-state index in [1.54, 1.807) is 25.7 Å². The number of carbonyl (C=O) groups is 1. The molecule has 3 aliphatic rings. The summed E-state index contributed by atoms with van der Waals surface area (Å²) < 4.78 is 16.6. The van der Waals surface area contributed by atoms with Crippen LogP contribution < -0.4 is 15.0 Å². The van der Waals surface area contributed by atoms with Gasteiger partial charge in [-0.3, -0.25) is 4.79 Å². The van der Waals surface area contributed by atoms with Crippen molar-refractivity contribution in [1.29, 1.82) is 0 Å². The Labute approximate surface area is 178 Å². The maximum atomic E-state index is 12.2. The molecule has 5 rings (SSSR count). The number of nitrogens with zero attached hydrogens (tertiary/aromatic N) is 4. The van der Waals surface area contributed by atoms with Gasteiger partial charge in [0.1, 0.15) is 5.82 Å². The number of nitrogens with one attached hydrogen (secondary N) is 1. The third kappa shape index (κ3) is 3.99. The molecule has 9 nitrogen and oxygen atoms in total. The van der Waals surface area contributed by atoms with Gasteiger partial charge in [0.05, 0.1) is 31.3 Å². The average molecular weight is 432 g/mol. The Kier molecular flexibility index (Phi) is 5.30. The number of anilines is 2. The fraction of sp³-hybridized carbons (Fsp3) is 0.600. The van der Waals surface area contributed by atoms with Gasteiger partial charge in [0.15, 0.2) is 5.13 Å². The molecule has 10 heteroatoms. The summed E-state index contributed by atoms with van der Waals surface area (Å²) in [6, 6.07) is 0. The normalized spacial score (nSPS) is 28.0. The second kappa shape index (κ2) is 8.09. The Morgan fingerprint density at radius 1 is 1.27 bits per heavy atom. The maximum Gasteiger partial charge on any atom is 0.239 e. The first-order chi connectivity index (χ1) is 14.6. The molecule has 0 radical (unpaired) electrons. The number of hydrogen-bond acceptors (Lipinski definition) is 9. The molecular weight excluding hydrogens is 406 g/mol. The highest BCUT2D eigenvalue weighted by Crippen LogP contribution is 2.39. The Morgan fingerprint density at radius 3 is 2.90 bits per heavy atom. The molecule has 1 N–H and O–H groups in total. The molecule has 2 aromatic rings. The van der Waals surface area contributed by atoms with E-state index in [-0.39, 0.29) is 23.3 Å². The monoisotopic (exact) mass is 431 g/mol. The van der Waals surface area contributed by atoms with E-state index in [9.17, 15) is 4.79 Å². The van der Waals surface area contributed by atoms with Gasteiger partial charge in [-0.2, -0.15) is 0 Å². The lowest BCUT2D eigenvalue weighted by Crippen LogP contribution is -2.38. The lowest BCUT2D eigenvalue weighted by atomic mass is 9.82. The quantitative estimate of drug-likeness (QED) is 0.745. The predicted octanol–water partition coefficient (Wildman–Crippen LogP) is 2.71. The van der Waals surface area contributed by atoms with Crippen LogP contribution in [0.5, 0.6) is 10.9 Å². The molecule has 3 fully saturated rings. The molecule has 1 atom stereocenters. The molecule has 1 spiro atoms. The number of methoxy groups -OCH3 is 1. The van der Waals surface area contributed by atoms with Crippen LogP contribution in [0.1, 0.15) is 25.7 Å². The second-order valence-electron chi connectivity index (χ2n) is 8.29. The summed E-state index contributed by atoms with van der Waals surface area (Å²) in [4.78, 5) is 27.6. The highest BCUT2D eigenvalue weighted by molar-refractivity contribution is 7.17. The van der Waals surface area contributed by atoms with Crippen LogP contribution in [-0.4, -0.2) is 60.4 Å². The van der Waals surface area contributed by atoms with Crippen molar-refractivity contribution >= 4 is 28.2 Å². The van der Waals surface area contributed by atoms with E-state index in [0.29, 0.717) is 16.1 Å². The first-order valence-corrected chi connectivity index (χ1v) is 11.1. The van der Waals surface area contributed by atoms with Crippen molar-refractivity contribution in [3.63, 3.8) is 0 Å². The number of hydrogen-bond donors (Lipinski definition) is 1. The summed E-state index contributed by atoms with van der Waals surface area (Å²) in [5.41, 5.74) is 0.282. The summed E-state index contributed by atoms with van der Waals surface area (Å²) in [6.07, 6.45) is 8.91. The van der Waals surface area contributed by atoms with Crippen molar-refractivity contribution in [2.75, 3.05) is 43.6 Å². The molecular formula is C20H25N5O4S. The molecule has 1 saturated carbocycles. The minimum absolute atomic E-state index is 0.0119. The number of aromatic nitrogens is 3. The largest absolute Gasteiger partial charge is 0.425 e. The van der Waals surface area contributed by atoms with Crippen molar-refractivity contribution < 1.29 is 19.0 Å². The van der Waals surface area contributed by atoms with Gasteiger partial charge in [-0.15, -0.1) is 0 Å². The fourth-order valence-corrected chi connectivity index (χ4v) is 4.95. The van der Waals surface area contributed by atoms with E-state index in [1.165, 1.54) is 11.3 Å². The van der Waals surface area contributed by atoms with E-state index >= 15 is 0 Å². The van der Waals surface area contributed by atoms with Crippen molar-refractivity contribution in [2.45, 2.75) is 31.8 Å². The third-order valence-corrected chi connectivity index (χ3v) is 7.07.